The molecule has 6 rings (SSSR count). The summed E-state index contributed by atoms with van der Waals surface area (Å²) in [5.41, 5.74) is 1.50. The first-order valence-electron chi connectivity index (χ1n) is 13.5. The van der Waals surface area contributed by atoms with Crippen LogP contribution in [-0.4, -0.2) is 34.8 Å². The lowest BCUT2D eigenvalue weighted by Gasteiger charge is -2.62. The molecule has 0 aliphatic heterocycles. The van der Waals surface area contributed by atoms with E-state index in [0.29, 0.717) is 36.1 Å². The lowest BCUT2D eigenvalue weighted by molar-refractivity contribution is -0.385. The molecule has 4 saturated carbocycles. The third kappa shape index (κ3) is 6.27. The second-order valence-corrected chi connectivity index (χ2v) is 11.8. The van der Waals surface area contributed by atoms with Gasteiger partial charge in [0, 0.05) is 49.5 Å². The van der Waals surface area contributed by atoms with Crippen molar-refractivity contribution in [2.75, 3.05) is 13.1 Å². The molecule has 0 saturated heterocycles. The van der Waals surface area contributed by atoms with Crippen molar-refractivity contribution in [1.82, 2.24) is 10.6 Å². The van der Waals surface area contributed by atoms with Crippen LogP contribution >= 0.6 is 0 Å². The number of rotatable bonds is 10. The fourth-order valence-electron chi connectivity index (χ4n) is 7.49. The quantitative estimate of drug-likeness (QED) is 0.243. The van der Waals surface area contributed by atoms with Crippen LogP contribution in [-0.2, 0) is 9.59 Å². The molecule has 0 heterocycles. The SMILES string of the molecule is O=C(/C=C/c1ccc([N+](=O)[O-])cc1)NCC12CC3CC(C1)CC(CNC(=O)/C=C/c1ccc([N+](=O)[O-])cc1)(C3)C2. The van der Waals surface area contributed by atoms with Crippen LogP contribution in [0.25, 0.3) is 12.2 Å². The van der Waals surface area contributed by atoms with Gasteiger partial charge in [-0.3, -0.25) is 29.8 Å². The summed E-state index contributed by atoms with van der Waals surface area (Å²) in [5.74, 6) is 0.823. The Morgan fingerprint density at radius 1 is 0.725 bits per heavy atom. The Hall–Kier alpha value is -4.34. The molecule has 0 spiro atoms. The highest BCUT2D eigenvalue weighted by Crippen LogP contribution is 2.64. The molecule has 4 aliphatic rings. The number of nitrogens with zero attached hydrogens (tertiary/aromatic N) is 2. The van der Waals surface area contributed by atoms with Gasteiger partial charge in [-0.15, -0.1) is 0 Å². The molecule has 10 heteroatoms. The third-order valence-electron chi connectivity index (χ3n) is 8.64. The summed E-state index contributed by atoms with van der Waals surface area (Å²) >= 11 is 0. The zero-order chi connectivity index (χ0) is 28.3. The fourth-order valence-corrected chi connectivity index (χ4v) is 7.49. The molecule has 208 valence electrons. The summed E-state index contributed by atoms with van der Waals surface area (Å²) in [6.07, 6.45) is 12.8. The average Bonchev–Trinajstić information content (AvgIpc) is 2.92. The molecule has 2 amide bonds. The topological polar surface area (TPSA) is 144 Å². The molecular formula is C30H32N4O6. The number of nitrogens with one attached hydrogen (secondary N) is 2. The van der Waals surface area contributed by atoms with E-state index >= 15 is 0 Å². The summed E-state index contributed by atoms with van der Waals surface area (Å²) in [7, 11) is 0. The standard InChI is InChI=1S/C30H32N4O6/c35-27(11-5-21-1-7-25(8-2-21)33(37)38)31-19-29-14-23-13-24(15-29)17-30(16-23,18-29)20-32-28(36)12-6-22-3-9-26(10-4-22)34(39)40/h1-12,23-24H,13-20H2,(H,31,35)(H,32,36)/b11-5+,12-6+. The van der Waals surface area contributed by atoms with Crippen LogP contribution in [0.15, 0.2) is 60.7 Å². The Kier molecular flexibility index (Phi) is 7.51. The van der Waals surface area contributed by atoms with E-state index in [1.54, 1.807) is 36.4 Å². The van der Waals surface area contributed by atoms with Gasteiger partial charge in [-0.25, -0.2) is 0 Å². The first kappa shape index (κ1) is 27.2. The van der Waals surface area contributed by atoms with Crippen LogP contribution in [0, 0.1) is 42.9 Å². The van der Waals surface area contributed by atoms with Crippen molar-refractivity contribution in [2.45, 2.75) is 38.5 Å². The molecule has 4 bridgehead atoms. The number of non-ortho nitro benzene ring substituents is 2. The van der Waals surface area contributed by atoms with Gasteiger partial charge in [0.1, 0.15) is 0 Å². The van der Waals surface area contributed by atoms with Gasteiger partial charge < -0.3 is 10.6 Å². The molecule has 4 aliphatic carbocycles. The number of hydrogen-bond donors (Lipinski definition) is 2. The number of nitro groups is 2. The first-order valence-corrected chi connectivity index (χ1v) is 13.5. The zero-order valence-electron chi connectivity index (χ0n) is 22.1. The molecule has 4 fully saturated rings. The number of carbonyl (C=O) groups is 2. The molecule has 0 aromatic heterocycles. The molecular weight excluding hydrogens is 512 g/mol. The summed E-state index contributed by atoms with van der Waals surface area (Å²) in [4.78, 5) is 46.0. The minimum atomic E-state index is -0.456. The van der Waals surface area contributed by atoms with Gasteiger partial charge in [0.15, 0.2) is 0 Å². The average molecular weight is 545 g/mol. The Bertz CT molecular complexity index is 1250. The van der Waals surface area contributed by atoms with Crippen LogP contribution in [0.1, 0.15) is 49.7 Å². The van der Waals surface area contributed by atoms with Gasteiger partial charge in [0.2, 0.25) is 11.8 Å². The van der Waals surface area contributed by atoms with E-state index in [2.05, 4.69) is 10.6 Å². The monoisotopic (exact) mass is 544 g/mol. The lowest BCUT2D eigenvalue weighted by Crippen LogP contribution is -2.58. The van der Waals surface area contributed by atoms with Crippen LogP contribution in [0.5, 0.6) is 0 Å². The van der Waals surface area contributed by atoms with E-state index in [1.807, 2.05) is 0 Å². The van der Waals surface area contributed by atoms with E-state index in [0.717, 1.165) is 32.1 Å². The van der Waals surface area contributed by atoms with Gasteiger partial charge in [-0.05, 0) is 109 Å². The lowest BCUT2D eigenvalue weighted by atomic mass is 9.44. The summed E-state index contributed by atoms with van der Waals surface area (Å²) < 4.78 is 0. The predicted molar refractivity (Wildman–Crippen MR) is 150 cm³/mol. The molecule has 0 unspecified atom stereocenters. The largest absolute Gasteiger partial charge is 0.352 e. The Balaban J connectivity index is 1.15. The maximum absolute atomic E-state index is 12.6. The Morgan fingerprint density at radius 2 is 1.10 bits per heavy atom. The summed E-state index contributed by atoms with van der Waals surface area (Å²) in [6.45, 7) is 1.19. The van der Waals surface area contributed by atoms with Crippen molar-refractivity contribution in [3.8, 4) is 0 Å². The molecule has 0 atom stereocenters. The number of nitro benzene ring substituents is 2. The number of carbonyl (C=O) groups excluding carboxylic acids is 2. The van der Waals surface area contributed by atoms with E-state index in [4.69, 9.17) is 0 Å². The maximum atomic E-state index is 12.6. The van der Waals surface area contributed by atoms with Crippen molar-refractivity contribution in [2.24, 2.45) is 22.7 Å². The van der Waals surface area contributed by atoms with E-state index in [1.165, 1.54) is 42.8 Å². The number of amides is 2. The normalized spacial score (nSPS) is 26.7. The molecule has 2 aromatic rings. The molecule has 2 N–H and O–H groups in total. The summed E-state index contributed by atoms with van der Waals surface area (Å²) in [5, 5.41) is 27.8. The van der Waals surface area contributed by atoms with Gasteiger partial charge in [-0.1, -0.05) is 0 Å². The number of hydrogen-bond acceptors (Lipinski definition) is 6. The van der Waals surface area contributed by atoms with Crippen LogP contribution in [0.2, 0.25) is 0 Å². The van der Waals surface area contributed by atoms with Crippen LogP contribution in [0.3, 0.4) is 0 Å². The summed E-state index contributed by atoms with van der Waals surface area (Å²) in [6, 6.07) is 12.1. The first-order chi connectivity index (χ1) is 19.1. The van der Waals surface area contributed by atoms with Crippen molar-refractivity contribution in [3.63, 3.8) is 0 Å². The minimum absolute atomic E-state index is 0.00838. The Morgan fingerprint density at radius 3 is 1.45 bits per heavy atom. The second kappa shape index (κ2) is 11.0. The minimum Gasteiger partial charge on any atom is -0.352 e. The molecule has 10 nitrogen and oxygen atoms in total. The van der Waals surface area contributed by atoms with Crippen molar-refractivity contribution < 1.29 is 19.4 Å². The molecule has 0 radical (unpaired) electrons. The van der Waals surface area contributed by atoms with Gasteiger partial charge in [0.05, 0.1) is 9.85 Å². The van der Waals surface area contributed by atoms with E-state index < -0.39 is 9.85 Å². The highest BCUT2D eigenvalue weighted by atomic mass is 16.6. The molecule has 40 heavy (non-hydrogen) atoms. The second-order valence-electron chi connectivity index (χ2n) is 11.8. The fraction of sp³-hybridized carbons (Fsp3) is 0.400. The highest BCUT2D eigenvalue weighted by molar-refractivity contribution is 5.92. The predicted octanol–water partition coefficient (Wildman–Crippen LogP) is 5.05. The Labute approximate surface area is 231 Å². The number of benzene rings is 2. The van der Waals surface area contributed by atoms with Gasteiger partial charge >= 0.3 is 0 Å². The zero-order valence-corrected chi connectivity index (χ0v) is 22.1. The van der Waals surface area contributed by atoms with Crippen molar-refractivity contribution >= 4 is 35.3 Å². The maximum Gasteiger partial charge on any atom is 0.269 e. The van der Waals surface area contributed by atoms with Gasteiger partial charge in [-0.2, -0.15) is 0 Å². The molecule has 2 aromatic carbocycles. The third-order valence-corrected chi connectivity index (χ3v) is 8.64. The highest BCUT2D eigenvalue weighted by Gasteiger charge is 2.57. The smallest absolute Gasteiger partial charge is 0.269 e. The van der Waals surface area contributed by atoms with Crippen molar-refractivity contribution in [3.05, 3.63) is 92.0 Å². The van der Waals surface area contributed by atoms with Crippen LogP contribution < -0.4 is 10.6 Å². The van der Waals surface area contributed by atoms with Crippen LogP contribution in [0.4, 0.5) is 11.4 Å². The van der Waals surface area contributed by atoms with Gasteiger partial charge in [0.25, 0.3) is 11.4 Å². The van der Waals surface area contributed by atoms with Crippen molar-refractivity contribution in [1.29, 1.82) is 0 Å². The van der Waals surface area contributed by atoms with E-state index in [-0.39, 0.29) is 34.0 Å². The van der Waals surface area contributed by atoms with E-state index in [9.17, 15) is 29.8 Å².